The lowest BCUT2D eigenvalue weighted by Gasteiger charge is -2.25. The van der Waals surface area contributed by atoms with Gasteiger partial charge < -0.3 is 9.13 Å². The summed E-state index contributed by atoms with van der Waals surface area (Å²) in [6, 6.07) is 61.8. The average Bonchev–Trinajstić information content (AvgIpc) is 3.89. The van der Waals surface area contributed by atoms with Crippen LogP contribution in [0.1, 0.15) is 100 Å². The lowest BCUT2D eigenvalue weighted by atomic mass is 9.79. The Morgan fingerprint density at radius 1 is 0.279 bits per heavy atom. The molecule has 334 valence electrons. The molecule has 0 aliphatic heterocycles. The topological polar surface area (TPSA) is 61.4 Å². The maximum absolute atomic E-state index is 4.82. The first-order chi connectivity index (χ1) is 32.7. The first-order valence-corrected chi connectivity index (χ1v) is 23.7. The van der Waals surface area contributed by atoms with Gasteiger partial charge in [-0.25, -0.2) is 0 Å². The molecular formula is C62H56N6. The van der Waals surface area contributed by atoms with Crippen LogP contribution in [0.4, 0.5) is 0 Å². The number of aromatic nitrogens is 6. The predicted molar refractivity (Wildman–Crippen MR) is 281 cm³/mol. The molecule has 0 bridgehead atoms. The second kappa shape index (κ2) is 16.0. The van der Waals surface area contributed by atoms with E-state index < -0.39 is 0 Å². The highest BCUT2D eigenvalue weighted by Gasteiger charge is 2.31. The normalized spacial score (nSPS) is 12.7. The highest BCUT2D eigenvalue weighted by atomic mass is 15.0. The van der Waals surface area contributed by atoms with E-state index in [0.29, 0.717) is 0 Å². The van der Waals surface area contributed by atoms with Gasteiger partial charge in [-0.05, 0) is 138 Å². The molecule has 0 amide bonds. The summed E-state index contributed by atoms with van der Waals surface area (Å²) in [4.78, 5) is 19.3. The summed E-state index contributed by atoms with van der Waals surface area (Å²) in [7, 11) is 0. The van der Waals surface area contributed by atoms with E-state index in [0.717, 1.165) is 56.2 Å². The fraction of sp³-hybridized carbons (Fsp3) is 0.194. The number of pyridine rings is 4. The molecule has 0 unspecified atom stereocenters. The molecular weight excluding hydrogens is 829 g/mol. The van der Waals surface area contributed by atoms with Crippen molar-refractivity contribution in [3.63, 3.8) is 0 Å². The van der Waals surface area contributed by atoms with Gasteiger partial charge in [-0.2, -0.15) is 0 Å². The van der Waals surface area contributed by atoms with E-state index in [1.54, 1.807) is 0 Å². The van der Waals surface area contributed by atoms with Gasteiger partial charge >= 0.3 is 0 Å². The minimum atomic E-state index is -0.315. The summed E-state index contributed by atoms with van der Waals surface area (Å²) in [5, 5.41) is 4.81. The van der Waals surface area contributed by atoms with Crippen molar-refractivity contribution in [2.24, 2.45) is 0 Å². The van der Waals surface area contributed by atoms with Crippen LogP contribution < -0.4 is 0 Å². The Morgan fingerprint density at radius 2 is 0.544 bits per heavy atom. The van der Waals surface area contributed by atoms with Gasteiger partial charge in [-0.15, -0.1) is 0 Å². The van der Waals surface area contributed by atoms with Crippen LogP contribution in [0.5, 0.6) is 0 Å². The number of fused-ring (bicyclic) bond motifs is 6. The molecule has 5 aromatic carbocycles. The van der Waals surface area contributed by atoms with E-state index >= 15 is 0 Å². The number of hydrogen-bond donors (Lipinski definition) is 0. The summed E-state index contributed by atoms with van der Waals surface area (Å²) >= 11 is 0. The molecule has 6 nitrogen and oxygen atoms in total. The van der Waals surface area contributed by atoms with Crippen LogP contribution in [0.25, 0.3) is 55.0 Å². The van der Waals surface area contributed by atoms with Gasteiger partial charge in [0, 0.05) is 79.4 Å². The highest BCUT2D eigenvalue weighted by Crippen LogP contribution is 2.43. The van der Waals surface area contributed by atoms with Crippen LogP contribution in [-0.4, -0.2) is 29.1 Å². The van der Waals surface area contributed by atoms with Gasteiger partial charge in [0.25, 0.3) is 0 Å². The number of hydrogen-bond acceptors (Lipinski definition) is 4. The third-order valence-electron chi connectivity index (χ3n) is 15.0. The van der Waals surface area contributed by atoms with Crippen LogP contribution in [0.2, 0.25) is 0 Å². The number of benzene rings is 5. The molecule has 0 spiro atoms. The molecule has 6 aromatic heterocycles. The SMILES string of the molecule is CC(C)(c1ccc2c(c1)c1cc(C(C)(C)c3ccccn3)ccc1n2-c1cccc(-n2c3ccc(C(C)(C)c4ccccn4)cc3c3cc(C(C)(C)c4ccccn4)ccc32)c1)c1ccccn1. The van der Waals surface area contributed by atoms with Crippen molar-refractivity contribution in [1.82, 2.24) is 29.1 Å². The number of rotatable bonds is 10. The lowest BCUT2D eigenvalue weighted by Crippen LogP contribution is -2.20. The molecule has 11 rings (SSSR count). The minimum Gasteiger partial charge on any atom is -0.309 e. The fourth-order valence-electron chi connectivity index (χ4n) is 10.5. The third kappa shape index (κ3) is 6.92. The Morgan fingerprint density at radius 3 is 0.779 bits per heavy atom. The molecule has 0 saturated carbocycles. The summed E-state index contributed by atoms with van der Waals surface area (Å²) in [6.07, 6.45) is 7.56. The van der Waals surface area contributed by atoms with Crippen LogP contribution in [0, 0.1) is 0 Å². The minimum absolute atomic E-state index is 0.315. The molecule has 0 aliphatic carbocycles. The van der Waals surface area contributed by atoms with E-state index in [1.807, 2.05) is 49.1 Å². The van der Waals surface area contributed by atoms with Crippen molar-refractivity contribution in [2.75, 3.05) is 0 Å². The van der Waals surface area contributed by atoms with Gasteiger partial charge in [-0.3, -0.25) is 19.9 Å². The lowest BCUT2D eigenvalue weighted by molar-refractivity contribution is 0.617. The molecule has 0 radical (unpaired) electrons. The van der Waals surface area contributed by atoms with E-state index in [9.17, 15) is 0 Å². The molecule has 11 aromatic rings. The van der Waals surface area contributed by atoms with Gasteiger partial charge in [0.15, 0.2) is 0 Å². The van der Waals surface area contributed by atoms with Crippen LogP contribution >= 0.6 is 0 Å². The van der Waals surface area contributed by atoms with Crippen molar-refractivity contribution < 1.29 is 0 Å². The van der Waals surface area contributed by atoms with E-state index in [-0.39, 0.29) is 21.7 Å². The molecule has 0 N–H and O–H groups in total. The maximum Gasteiger partial charge on any atom is 0.0541 e. The smallest absolute Gasteiger partial charge is 0.0541 e. The standard InChI is InChI=1S/C62H56N6/c1-59(2,55-20-9-13-32-63-55)41-24-28-51-47(36-41)48-37-42(60(3,4)56-21-10-14-33-64-56)25-29-52(48)67(51)45-18-17-19-46(40-45)68-53-30-26-43(61(5,6)57-22-11-15-34-65-57)38-49(53)50-39-44(27-31-54(50)68)62(7,8)58-23-12-16-35-66-58/h9-40H,1-8H3. The second-order valence-electron chi connectivity index (χ2n) is 20.5. The quantitative estimate of drug-likeness (QED) is 0.137. The zero-order valence-corrected chi connectivity index (χ0v) is 40.2. The van der Waals surface area contributed by atoms with Crippen molar-refractivity contribution in [3.05, 3.63) is 240 Å². The van der Waals surface area contributed by atoms with Gasteiger partial charge in [0.2, 0.25) is 0 Å². The van der Waals surface area contributed by atoms with Crippen molar-refractivity contribution >= 4 is 43.6 Å². The largest absolute Gasteiger partial charge is 0.309 e. The third-order valence-corrected chi connectivity index (χ3v) is 15.0. The van der Waals surface area contributed by atoms with Crippen LogP contribution in [0.3, 0.4) is 0 Å². The molecule has 6 heteroatoms. The Hall–Kier alpha value is -7.70. The Kier molecular flexibility index (Phi) is 10.1. The Balaban J connectivity index is 1.12. The van der Waals surface area contributed by atoms with E-state index in [1.165, 1.54) is 43.8 Å². The highest BCUT2D eigenvalue weighted by molar-refractivity contribution is 6.11. The zero-order chi connectivity index (χ0) is 47.0. The predicted octanol–water partition coefficient (Wildman–Crippen LogP) is 14.8. The molecule has 0 aliphatic rings. The van der Waals surface area contributed by atoms with Gasteiger partial charge in [-0.1, -0.05) is 110 Å². The second-order valence-corrected chi connectivity index (χ2v) is 20.5. The maximum atomic E-state index is 4.82. The Labute approximate surface area is 399 Å². The first kappa shape index (κ1) is 42.9. The molecule has 0 atom stereocenters. The summed E-state index contributed by atoms with van der Waals surface area (Å²) in [5.41, 5.74) is 14.5. The van der Waals surface area contributed by atoms with Gasteiger partial charge in [0.1, 0.15) is 0 Å². The van der Waals surface area contributed by atoms with Crippen molar-refractivity contribution in [2.45, 2.75) is 77.0 Å². The van der Waals surface area contributed by atoms with E-state index in [4.69, 9.17) is 19.9 Å². The summed E-state index contributed by atoms with van der Waals surface area (Å²) in [5.74, 6) is 0. The molecule has 0 fully saturated rings. The van der Waals surface area contributed by atoms with Crippen molar-refractivity contribution in [3.8, 4) is 11.4 Å². The molecule has 68 heavy (non-hydrogen) atoms. The average molecular weight is 885 g/mol. The van der Waals surface area contributed by atoms with Crippen LogP contribution in [-0.2, 0) is 21.7 Å². The zero-order valence-electron chi connectivity index (χ0n) is 40.2. The number of nitrogens with zero attached hydrogens (tertiary/aromatic N) is 6. The first-order valence-electron chi connectivity index (χ1n) is 23.7. The van der Waals surface area contributed by atoms with Gasteiger partial charge in [0.05, 0.1) is 44.8 Å². The fourth-order valence-corrected chi connectivity index (χ4v) is 10.5. The molecule has 0 saturated heterocycles. The van der Waals surface area contributed by atoms with Crippen LogP contribution in [0.15, 0.2) is 195 Å². The monoisotopic (exact) mass is 884 g/mol. The summed E-state index contributed by atoms with van der Waals surface area (Å²) < 4.78 is 4.89. The Bertz CT molecular complexity index is 3200. The summed E-state index contributed by atoms with van der Waals surface area (Å²) in [6.45, 7) is 18.2. The van der Waals surface area contributed by atoms with Crippen molar-refractivity contribution in [1.29, 1.82) is 0 Å². The van der Waals surface area contributed by atoms with E-state index in [2.05, 4.69) is 210 Å². The molecule has 6 heterocycles.